The van der Waals surface area contributed by atoms with Crippen LogP contribution in [0.2, 0.25) is 0 Å². The van der Waals surface area contributed by atoms with Crippen molar-refractivity contribution in [2.75, 3.05) is 5.73 Å². The first-order valence-corrected chi connectivity index (χ1v) is 8.29. The van der Waals surface area contributed by atoms with Crippen LogP contribution in [0.25, 0.3) is 0 Å². The molecule has 0 bridgehead atoms. The molecule has 3 N–H and O–H groups in total. The molecule has 11 heteroatoms. The van der Waals surface area contributed by atoms with E-state index in [1.54, 1.807) is 0 Å². The fraction of sp³-hybridized carbons (Fsp3) is 0.600. The zero-order valence-electron chi connectivity index (χ0n) is 10.9. The predicted molar refractivity (Wildman–Crippen MR) is 74.9 cm³/mol. The predicted octanol–water partition coefficient (Wildman–Crippen LogP) is 0.414. The third-order valence-corrected chi connectivity index (χ3v) is 3.73. The summed E-state index contributed by atoms with van der Waals surface area (Å²) in [6.07, 6.45) is -5.48. The molecule has 0 spiro atoms. The van der Waals surface area contributed by atoms with Crippen LogP contribution in [0.4, 0.5) is 10.2 Å². The Morgan fingerprint density at radius 3 is 2.90 bits per heavy atom. The average Bonchev–Trinajstić information content (AvgIpc) is 2.67. The number of aliphatic hydroxyl groups is 1. The van der Waals surface area contributed by atoms with Crippen LogP contribution in [0.15, 0.2) is 17.1 Å². The Balaban J connectivity index is 2.33. The monoisotopic (exact) mass is 338 g/mol. The van der Waals surface area contributed by atoms with Crippen LogP contribution in [0.5, 0.6) is 0 Å². The first-order valence-electron chi connectivity index (χ1n) is 5.96. The summed E-state index contributed by atoms with van der Waals surface area (Å²) in [5.74, 6) is -0.0111. The molecule has 1 fully saturated rings. The minimum absolute atomic E-state index is 0.0111. The molecular weight excluding hydrogens is 324 g/mol. The lowest BCUT2D eigenvalue weighted by molar-refractivity contribution is -0.0747. The molecule has 8 nitrogen and oxygen atoms in total. The van der Waals surface area contributed by atoms with Gasteiger partial charge < -0.3 is 15.6 Å². The lowest BCUT2D eigenvalue weighted by Crippen LogP contribution is -2.37. The van der Waals surface area contributed by atoms with Crippen LogP contribution >= 0.6 is 19.5 Å². The number of ether oxygens (including phenoxy) is 1. The van der Waals surface area contributed by atoms with Crippen molar-refractivity contribution in [2.45, 2.75) is 37.6 Å². The Hall–Kier alpha value is -1.06. The second-order valence-corrected chi connectivity index (χ2v) is 6.19. The van der Waals surface area contributed by atoms with Crippen LogP contribution in [-0.4, -0.2) is 39.1 Å². The van der Waals surface area contributed by atoms with E-state index in [0.717, 1.165) is 4.57 Å². The zero-order valence-corrected chi connectivity index (χ0v) is 12.7. The Kier molecular flexibility index (Phi) is 4.95. The molecule has 0 saturated carbocycles. The van der Waals surface area contributed by atoms with Gasteiger partial charge in [-0.05, 0) is 17.6 Å². The molecule has 0 amide bonds. The highest BCUT2D eigenvalue weighted by molar-refractivity contribution is 8.39. The van der Waals surface area contributed by atoms with E-state index in [1.165, 1.54) is 19.2 Å². The van der Waals surface area contributed by atoms with E-state index >= 15 is 0 Å². The first-order chi connectivity index (χ1) is 9.81. The SMILES string of the molecule is C[C@@H](O)C1OC(n2ccc(N)nc2=O)C(F)C1O[P+](=O)S. The number of aliphatic hydroxyl groups excluding tert-OH is 1. The molecule has 2 rings (SSSR count). The molecule has 6 atom stereocenters. The quantitative estimate of drug-likeness (QED) is 0.538. The van der Waals surface area contributed by atoms with E-state index in [1.807, 2.05) is 0 Å². The third-order valence-electron chi connectivity index (χ3n) is 3.02. The first kappa shape index (κ1) is 16.3. The molecule has 21 heavy (non-hydrogen) atoms. The van der Waals surface area contributed by atoms with Crippen molar-refractivity contribution in [3.63, 3.8) is 0 Å². The maximum atomic E-state index is 14.4. The van der Waals surface area contributed by atoms with Gasteiger partial charge in [-0.1, -0.05) is 0 Å². The number of halogens is 1. The topological polar surface area (TPSA) is 117 Å². The highest BCUT2D eigenvalue weighted by atomic mass is 32.7. The van der Waals surface area contributed by atoms with E-state index in [0.29, 0.717) is 0 Å². The fourth-order valence-electron chi connectivity index (χ4n) is 2.11. The maximum absolute atomic E-state index is 14.4. The average molecular weight is 338 g/mol. The molecule has 0 radical (unpaired) electrons. The van der Waals surface area contributed by atoms with Crippen molar-refractivity contribution in [1.29, 1.82) is 0 Å². The summed E-state index contributed by atoms with van der Waals surface area (Å²) < 4.78 is 36.6. The van der Waals surface area contributed by atoms with E-state index in [2.05, 4.69) is 17.2 Å². The second kappa shape index (κ2) is 6.37. The Bertz CT molecular complexity index is 600. The number of aromatic nitrogens is 2. The number of nitrogen functional groups attached to an aromatic ring is 1. The zero-order chi connectivity index (χ0) is 15.7. The molecule has 1 aromatic heterocycles. The van der Waals surface area contributed by atoms with Crippen molar-refractivity contribution in [3.05, 3.63) is 22.7 Å². The van der Waals surface area contributed by atoms with E-state index < -0.39 is 43.6 Å². The number of alkyl halides is 1. The van der Waals surface area contributed by atoms with Gasteiger partial charge in [0.25, 0.3) is 0 Å². The summed E-state index contributed by atoms with van der Waals surface area (Å²) in [5, 5.41) is 9.62. The van der Waals surface area contributed by atoms with Gasteiger partial charge in [0.2, 0.25) is 0 Å². The van der Waals surface area contributed by atoms with Crippen LogP contribution in [0.3, 0.4) is 0 Å². The van der Waals surface area contributed by atoms with Gasteiger partial charge >= 0.3 is 12.9 Å². The summed E-state index contributed by atoms with van der Waals surface area (Å²) in [7, 11) is -2.40. The van der Waals surface area contributed by atoms with Crippen LogP contribution in [0, 0.1) is 0 Å². The fourth-order valence-corrected chi connectivity index (χ4v) is 2.88. The standard InChI is InChI=1S/C10H13FN3O5PS/c1-4(15)7-8(19-20(17)21)6(11)9(18-7)14-3-2-5(12)13-10(14)16/h2-4,6-9,15H,1H3,(H2-,12,13,16,17,21)/p+1/t4-,6?,7?,8?,9?/m1/s1. The molecule has 1 aliphatic heterocycles. The maximum Gasteiger partial charge on any atom is 0.582 e. The van der Waals surface area contributed by atoms with Gasteiger partial charge in [-0.2, -0.15) is 4.98 Å². The Morgan fingerprint density at radius 2 is 2.38 bits per heavy atom. The smallest absolute Gasteiger partial charge is 0.391 e. The lowest BCUT2D eigenvalue weighted by Gasteiger charge is -2.17. The molecule has 116 valence electrons. The van der Waals surface area contributed by atoms with E-state index in [9.17, 15) is 18.9 Å². The van der Waals surface area contributed by atoms with Gasteiger partial charge in [-0.3, -0.25) is 4.57 Å². The summed E-state index contributed by atoms with van der Waals surface area (Å²) >= 11 is 3.56. The Morgan fingerprint density at radius 1 is 1.71 bits per heavy atom. The van der Waals surface area contributed by atoms with Crippen LogP contribution in [-0.2, 0) is 13.8 Å². The van der Waals surface area contributed by atoms with Gasteiger partial charge in [-0.15, -0.1) is 4.52 Å². The minimum Gasteiger partial charge on any atom is -0.391 e. The van der Waals surface area contributed by atoms with Crippen molar-refractivity contribution >= 4 is 25.3 Å². The van der Waals surface area contributed by atoms with Gasteiger partial charge in [0.1, 0.15) is 24.2 Å². The number of anilines is 1. The molecule has 2 heterocycles. The summed E-state index contributed by atoms with van der Waals surface area (Å²) in [5.41, 5.74) is 4.55. The number of hydrogen-bond donors (Lipinski definition) is 3. The highest BCUT2D eigenvalue weighted by Gasteiger charge is 2.52. The molecule has 1 aliphatic rings. The molecule has 5 unspecified atom stereocenters. The van der Waals surface area contributed by atoms with E-state index in [4.69, 9.17) is 15.0 Å². The molecule has 1 saturated heterocycles. The second-order valence-electron chi connectivity index (χ2n) is 4.53. The van der Waals surface area contributed by atoms with Gasteiger partial charge in [-0.25, -0.2) is 9.18 Å². The molecule has 1 aromatic rings. The van der Waals surface area contributed by atoms with Gasteiger partial charge in [0, 0.05) is 6.20 Å². The van der Waals surface area contributed by atoms with Crippen molar-refractivity contribution in [1.82, 2.24) is 9.55 Å². The van der Waals surface area contributed by atoms with Crippen LogP contribution < -0.4 is 11.4 Å². The van der Waals surface area contributed by atoms with Crippen LogP contribution in [0.1, 0.15) is 13.2 Å². The molecule has 0 aromatic carbocycles. The summed E-state index contributed by atoms with van der Waals surface area (Å²) in [4.78, 5) is 15.2. The largest absolute Gasteiger partial charge is 0.582 e. The molecule has 0 aliphatic carbocycles. The van der Waals surface area contributed by atoms with Crippen molar-refractivity contribution < 1.29 is 23.3 Å². The summed E-state index contributed by atoms with van der Waals surface area (Å²) in [6.45, 7) is 1.37. The van der Waals surface area contributed by atoms with Crippen molar-refractivity contribution in [2.24, 2.45) is 0 Å². The number of nitrogens with two attached hydrogens (primary N) is 1. The van der Waals surface area contributed by atoms with Crippen molar-refractivity contribution in [3.8, 4) is 0 Å². The number of thiol groups is 1. The third kappa shape index (κ3) is 3.41. The molecular formula is C10H14FN3O5PS+. The minimum atomic E-state index is -2.40. The normalized spacial score (nSPS) is 31.1. The van der Waals surface area contributed by atoms with Gasteiger partial charge in [0.05, 0.1) is 6.10 Å². The number of hydrogen-bond acceptors (Lipinski definition) is 7. The number of nitrogens with zero attached hydrogens (tertiary/aromatic N) is 2. The summed E-state index contributed by atoms with van der Waals surface area (Å²) in [6, 6.07) is 1.31. The number of rotatable bonds is 4. The van der Waals surface area contributed by atoms with Gasteiger partial charge in [0.15, 0.2) is 18.5 Å². The lowest BCUT2D eigenvalue weighted by atomic mass is 10.1. The Labute approximate surface area is 125 Å². The highest BCUT2D eigenvalue weighted by Crippen LogP contribution is 2.41. The van der Waals surface area contributed by atoms with E-state index in [-0.39, 0.29) is 5.82 Å².